The van der Waals surface area contributed by atoms with Crippen LogP contribution >= 0.6 is 0 Å². The summed E-state index contributed by atoms with van der Waals surface area (Å²) in [6.45, 7) is 2.39. The summed E-state index contributed by atoms with van der Waals surface area (Å²) in [5.41, 5.74) is -5.20. The molecule has 13 heteroatoms. The van der Waals surface area contributed by atoms with Crippen molar-refractivity contribution in [2.75, 3.05) is 19.0 Å². The Balaban J connectivity index is 1.62. The molecule has 2 aliphatic heterocycles. The summed E-state index contributed by atoms with van der Waals surface area (Å²) in [5, 5.41) is 0. The zero-order valence-electron chi connectivity index (χ0n) is 16.0. The molecular formula is C17H21F3O9S. The van der Waals surface area contributed by atoms with Crippen molar-refractivity contribution in [1.82, 2.24) is 0 Å². The predicted molar refractivity (Wildman–Crippen MR) is 89.5 cm³/mol. The minimum atomic E-state index is -5.29. The van der Waals surface area contributed by atoms with Crippen LogP contribution in [-0.4, -0.2) is 74.0 Å². The fraction of sp³-hybridized carbons (Fsp3) is 0.882. The quantitative estimate of drug-likeness (QED) is 0.333. The van der Waals surface area contributed by atoms with Crippen molar-refractivity contribution < 1.29 is 54.7 Å². The van der Waals surface area contributed by atoms with Crippen molar-refractivity contribution in [2.24, 2.45) is 23.2 Å². The maximum Gasteiger partial charge on any atom is 0.429 e. The molecule has 0 aromatic heterocycles. The molecule has 8 unspecified atom stereocenters. The van der Waals surface area contributed by atoms with Gasteiger partial charge in [0.2, 0.25) is 5.60 Å². The molecule has 4 fully saturated rings. The van der Waals surface area contributed by atoms with Crippen LogP contribution in [0, 0.1) is 23.2 Å². The molecule has 2 aliphatic carbocycles. The summed E-state index contributed by atoms with van der Waals surface area (Å²) in [5.74, 6) is -6.04. The summed E-state index contributed by atoms with van der Waals surface area (Å²) in [6, 6.07) is 0. The lowest BCUT2D eigenvalue weighted by molar-refractivity contribution is -0.262. The first-order valence-electron chi connectivity index (χ1n) is 9.36. The number of epoxide rings is 1. The highest BCUT2D eigenvalue weighted by molar-refractivity contribution is 7.85. The third-order valence-electron chi connectivity index (χ3n) is 6.71. The van der Waals surface area contributed by atoms with Gasteiger partial charge in [0.05, 0.1) is 30.7 Å². The van der Waals surface area contributed by atoms with Crippen LogP contribution in [0.2, 0.25) is 0 Å². The Labute approximate surface area is 169 Å². The van der Waals surface area contributed by atoms with Crippen molar-refractivity contribution in [3.05, 3.63) is 0 Å². The van der Waals surface area contributed by atoms with E-state index in [4.69, 9.17) is 23.5 Å². The van der Waals surface area contributed by atoms with Gasteiger partial charge < -0.3 is 18.9 Å². The van der Waals surface area contributed by atoms with E-state index in [1.807, 2.05) is 0 Å². The molecule has 0 amide bonds. The minimum absolute atomic E-state index is 0.112. The predicted octanol–water partition coefficient (Wildman–Crippen LogP) is 0.720. The maximum atomic E-state index is 13.6. The number of fused-ring (bicyclic) bond motifs is 1. The molecule has 9 nitrogen and oxygen atoms in total. The molecule has 2 heterocycles. The van der Waals surface area contributed by atoms with E-state index < -0.39 is 75.0 Å². The Morgan fingerprint density at radius 2 is 2.00 bits per heavy atom. The van der Waals surface area contributed by atoms with E-state index >= 15 is 0 Å². The molecule has 30 heavy (non-hydrogen) atoms. The number of hydrogen-bond donors (Lipinski definition) is 1. The first-order chi connectivity index (χ1) is 13.7. The highest BCUT2D eigenvalue weighted by Crippen LogP contribution is 2.65. The zero-order valence-corrected chi connectivity index (χ0v) is 16.9. The van der Waals surface area contributed by atoms with E-state index in [2.05, 4.69) is 0 Å². The van der Waals surface area contributed by atoms with Crippen LogP contribution < -0.4 is 0 Å². The number of carbonyl (C=O) groups excluding carboxylic acids is 2. The molecule has 2 bridgehead atoms. The monoisotopic (exact) mass is 458 g/mol. The number of rotatable bonds is 7. The van der Waals surface area contributed by atoms with Crippen LogP contribution in [0.5, 0.6) is 0 Å². The highest BCUT2D eigenvalue weighted by Gasteiger charge is 2.76. The number of carbonyl (C=O) groups is 2. The summed E-state index contributed by atoms with van der Waals surface area (Å²) in [6.07, 6.45) is -6.38. The smallest absolute Gasteiger partial charge is 0.429 e. The zero-order chi connectivity index (χ0) is 22.3. The summed E-state index contributed by atoms with van der Waals surface area (Å²) >= 11 is 0. The van der Waals surface area contributed by atoms with Crippen LogP contribution in [0.1, 0.15) is 20.3 Å². The summed E-state index contributed by atoms with van der Waals surface area (Å²) in [4.78, 5) is 25.5. The third-order valence-corrected chi connectivity index (χ3v) is 7.63. The highest BCUT2D eigenvalue weighted by atomic mass is 32.2. The molecule has 2 saturated heterocycles. The Morgan fingerprint density at radius 3 is 2.53 bits per heavy atom. The van der Waals surface area contributed by atoms with Gasteiger partial charge >= 0.3 is 18.1 Å². The fourth-order valence-corrected chi connectivity index (χ4v) is 6.03. The third kappa shape index (κ3) is 3.30. The van der Waals surface area contributed by atoms with E-state index in [-0.39, 0.29) is 12.7 Å². The van der Waals surface area contributed by atoms with Crippen molar-refractivity contribution in [2.45, 2.75) is 50.4 Å². The van der Waals surface area contributed by atoms with Crippen molar-refractivity contribution in [3.8, 4) is 0 Å². The molecule has 0 spiro atoms. The van der Waals surface area contributed by atoms with Gasteiger partial charge in [-0.2, -0.15) is 21.6 Å². The molecule has 4 aliphatic rings. The average Bonchev–Trinajstić information content (AvgIpc) is 3.17. The van der Waals surface area contributed by atoms with Gasteiger partial charge in [-0.3, -0.25) is 14.1 Å². The van der Waals surface area contributed by atoms with Crippen LogP contribution in [0.25, 0.3) is 0 Å². The normalized spacial score (nSPS) is 41.5. The molecule has 4 rings (SSSR count). The van der Waals surface area contributed by atoms with Gasteiger partial charge in [0.15, 0.2) is 0 Å². The fourth-order valence-electron chi connectivity index (χ4n) is 5.11. The second-order valence-electron chi connectivity index (χ2n) is 8.77. The summed E-state index contributed by atoms with van der Waals surface area (Å²) in [7, 11) is -5.14. The maximum absolute atomic E-state index is 13.6. The Hall–Kier alpha value is -1.44. The average molecular weight is 458 g/mol. The molecular weight excluding hydrogens is 437 g/mol. The Bertz CT molecular complexity index is 870. The van der Waals surface area contributed by atoms with Gasteiger partial charge in [-0.15, -0.1) is 0 Å². The van der Waals surface area contributed by atoms with E-state index in [0.29, 0.717) is 20.0 Å². The lowest BCUT2D eigenvalue weighted by Gasteiger charge is -2.41. The topological polar surface area (TPSA) is 129 Å². The lowest BCUT2D eigenvalue weighted by Crippen LogP contribution is -2.57. The van der Waals surface area contributed by atoms with Crippen LogP contribution in [0.15, 0.2) is 0 Å². The Morgan fingerprint density at radius 1 is 1.37 bits per heavy atom. The molecule has 1 N–H and O–H groups in total. The SMILES string of the molecule is CC1(C(=O)OC(C)(CS(=O)(=O)O)C(F)(F)F)C2CC3C(OC(=O)C31)C2OCC1CO1. The van der Waals surface area contributed by atoms with E-state index in [1.54, 1.807) is 0 Å². The first-order valence-corrected chi connectivity index (χ1v) is 11.0. The van der Waals surface area contributed by atoms with Gasteiger partial charge in [-0.25, -0.2) is 0 Å². The van der Waals surface area contributed by atoms with Gasteiger partial charge in [0, 0.05) is 11.8 Å². The number of alkyl halides is 3. The molecule has 0 aromatic rings. The van der Waals surface area contributed by atoms with Crippen molar-refractivity contribution in [3.63, 3.8) is 0 Å². The van der Waals surface area contributed by atoms with E-state index in [1.165, 1.54) is 6.92 Å². The Kier molecular flexibility index (Phi) is 4.74. The summed E-state index contributed by atoms with van der Waals surface area (Å²) < 4.78 is 92.9. The molecule has 170 valence electrons. The molecule has 2 saturated carbocycles. The first kappa shape index (κ1) is 21.8. The van der Waals surface area contributed by atoms with Crippen LogP contribution in [0.3, 0.4) is 0 Å². The standard InChI is InChI=1S/C17H21F3O9S/c1-15(17(18,19)20,6-30(23,24)25)29-14(22)16(2)9-3-8-10(16)13(21)28-11(8)12(9)27-5-7-4-26-7/h7-12H,3-6H2,1-2H3,(H,23,24,25). The largest absolute Gasteiger partial charge is 0.459 e. The van der Waals surface area contributed by atoms with Gasteiger partial charge in [-0.1, -0.05) is 0 Å². The van der Waals surface area contributed by atoms with E-state index in [0.717, 1.165) is 0 Å². The van der Waals surface area contributed by atoms with Gasteiger partial charge in [0.25, 0.3) is 10.1 Å². The number of hydrogen-bond acceptors (Lipinski definition) is 8. The number of ether oxygens (including phenoxy) is 4. The minimum Gasteiger partial charge on any atom is -0.459 e. The van der Waals surface area contributed by atoms with Crippen LogP contribution in [-0.2, 0) is 38.7 Å². The van der Waals surface area contributed by atoms with E-state index in [9.17, 15) is 31.2 Å². The lowest BCUT2D eigenvalue weighted by atomic mass is 9.66. The second kappa shape index (κ2) is 6.53. The van der Waals surface area contributed by atoms with Crippen molar-refractivity contribution in [1.29, 1.82) is 0 Å². The number of esters is 2. The molecule has 0 radical (unpaired) electrons. The van der Waals surface area contributed by atoms with Crippen molar-refractivity contribution >= 4 is 22.1 Å². The second-order valence-corrected chi connectivity index (χ2v) is 10.2. The van der Waals surface area contributed by atoms with Gasteiger partial charge in [-0.05, 0) is 20.3 Å². The van der Waals surface area contributed by atoms with Crippen LogP contribution in [0.4, 0.5) is 13.2 Å². The van der Waals surface area contributed by atoms with Gasteiger partial charge in [0.1, 0.15) is 18.0 Å². The molecule has 0 aromatic carbocycles. The number of halogens is 3. The molecule has 8 atom stereocenters.